The lowest BCUT2D eigenvalue weighted by atomic mass is 9.98. The maximum Gasteiger partial charge on any atom is 0.336 e. The molecule has 2 heterocycles. The van der Waals surface area contributed by atoms with Gasteiger partial charge in [0.05, 0.1) is 18.8 Å². The SMILES string of the molecule is CCOOC/C(C(=O)OCC)=C1/CCNC(=O)c2[nH]ccc21. The van der Waals surface area contributed by atoms with Gasteiger partial charge in [-0.1, -0.05) is 0 Å². The molecule has 7 heteroatoms. The first-order valence-corrected chi connectivity index (χ1v) is 7.28. The lowest BCUT2D eigenvalue weighted by Crippen LogP contribution is -2.22. The summed E-state index contributed by atoms with van der Waals surface area (Å²) in [5, 5.41) is 2.78. The Bertz CT molecular complexity index is 576. The summed E-state index contributed by atoms with van der Waals surface area (Å²) in [6, 6.07) is 1.77. The zero-order valence-corrected chi connectivity index (χ0v) is 12.7. The quantitative estimate of drug-likeness (QED) is 0.273. The van der Waals surface area contributed by atoms with Crippen molar-refractivity contribution in [1.29, 1.82) is 0 Å². The molecule has 1 aliphatic rings. The molecule has 7 nitrogen and oxygen atoms in total. The van der Waals surface area contributed by atoms with Crippen molar-refractivity contribution >= 4 is 17.4 Å². The van der Waals surface area contributed by atoms with Crippen LogP contribution in [0.15, 0.2) is 17.8 Å². The van der Waals surface area contributed by atoms with Crippen molar-refractivity contribution < 1.29 is 24.1 Å². The molecular formula is C15H20N2O5. The first-order valence-electron chi connectivity index (χ1n) is 7.28. The molecule has 0 radical (unpaired) electrons. The van der Waals surface area contributed by atoms with Gasteiger partial charge in [0, 0.05) is 18.3 Å². The number of aromatic amines is 1. The van der Waals surface area contributed by atoms with E-state index in [1.54, 1.807) is 26.1 Å². The Morgan fingerprint density at radius 2 is 2.09 bits per heavy atom. The van der Waals surface area contributed by atoms with Gasteiger partial charge in [-0.3, -0.25) is 4.79 Å². The highest BCUT2D eigenvalue weighted by Gasteiger charge is 2.25. The third kappa shape index (κ3) is 3.55. The number of carbonyl (C=O) groups is 2. The van der Waals surface area contributed by atoms with Crippen molar-refractivity contribution in [1.82, 2.24) is 10.3 Å². The fraction of sp³-hybridized carbons (Fsp3) is 0.467. The number of hydrogen-bond donors (Lipinski definition) is 2. The van der Waals surface area contributed by atoms with E-state index in [-0.39, 0.29) is 19.1 Å². The molecule has 0 spiro atoms. The molecule has 0 bridgehead atoms. The summed E-state index contributed by atoms with van der Waals surface area (Å²) >= 11 is 0. The first kappa shape index (κ1) is 16.3. The van der Waals surface area contributed by atoms with E-state index in [9.17, 15) is 9.59 Å². The maximum atomic E-state index is 12.2. The van der Waals surface area contributed by atoms with Crippen LogP contribution in [-0.4, -0.2) is 43.2 Å². The topological polar surface area (TPSA) is 89.7 Å². The van der Waals surface area contributed by atoms with Crippen molar-refractivity contribution in [3.8, 4) is 0 Å². The van der Waals surface area contributed by atoms with Gasteiger partial charge >= 0.3 is 5.97 Å². The van der Waals surface area contributed by atoms with Crippen molar-refractivity contribution in [3.05, 3.63) is 29.1 Å². The minimum atomic E-state index is -0.460. The highest BCUT2D eigenvalue weighted by Crippen LogP contribution is 2.28. The number of rotatable bonds is 6. The molecule has 2 N–H and O–H groups in total. The summed E-state index contributed by atoms with van der Waals surface area (Å²) in [7, 11) is 0. The van der Waals surface area contributed by atoms with Crippen LogP contribution in [0.5, 0.6) is 0 Å². The molecule has 2 rings (SSSR count). The van der Waals surface area contributed by atoms with Crippen molar-refractivity contribution in [2.24, 2.45) is 0 Å². The number of fused-ring (bicyclic) bond motifs is 1. The van der Waals surface area contributed by atoms with Crippen LogP contribution in [0.4, 0.5) is 0 Å². The summed E-state index contributed by atoms with van der Waals surface area (Å²) in [5.41, 5.74) is 2.23. The number of hydrogen-bond acceptors (Lipinski definition) is 5. The molecule has 1 amide bonds. The average Bonchev–Trinajstić information content (AvgIpc) is 2.93. The third-order valence-electron chi connectivity index (χ3n) is 3.25. The number of aromatic nitrogens is 1. The smallest absolute Gasteiger partial charge is 0.336 e. The number of ether oxygens (including phenoxy) is 1. The molecular weight excluding hydrogens is 288 g/mol. The highest BCUT2D eigenvalue weighted by molar-refractivity contribution is 6.04. The largest absolute Gasteiger partial charge is 0.463 e. The van der Waals surface area contributed by atoms with E-state index in [1.165, 1.54) is 0 Å². The number of carbonyl (C=O) groups excluding carboxylic acids is 2. The molecule has 0 aromatic carbocycles. The summed E-state index contributed by atoms with van der Waals surface area (Å²) in [6.07, 6.45) is 2.18. The number of esters is 1. The third-order valence-corrected chi connectivity index (χ3v) is 3.25. The Labute approximate surface area is 128 Å². The molecule has 0 saturated carbocycles. The lowest BCUT2D eigenvalue weighted by molar-refractivity contribution is -0.284. The van der Waals surface area contributed by atoms with E-state index in [1.807, 2.05) is 0 Å². The Morgan fingerprint density at radius 3 is 2.82 bits per heavy atom. The van der Waals surface area contributed by atoms with E-state index >= 15 is 0 Å². The van der Waals surface area contributed by atoms with Gasteiger partial charge in [0.1, 0.15) is 12.3 Å². The molecule has 0 saturated heterocycles. The monoisotopic (exact) mass is 308 g/mol. The maximum absolute atomic E-state index is 12.2. The minimum Gasteiger partial charge on any atom is -0.463 e. The second-order valence-corrected chi connectivity index (χ2v) is 4.62. The summed E-state index contributed by atoms with van der Waals surface area (Å²) in [6.45, 7) is 4.58. The zero-order chi connectivity index (χ0) is 15.9. The van der Waals surface area contributed by atoms with E-state index in [0.717, 1.165) is 5.57 Å². The second kappa shape index (κ2) is 7.77. The number of H-pyrrole nitrogens is 1. The van der Waals surface area contributed by atoms with Crippen LogP contribution in [0.25, 0.3) is 5.57 Å². The van der Waals surface area contributed by atoms with Crippen LogP contribution in [0.3, 0.4) is 0 Å². The van der Waals surface area contributed by atoms with Gasteiger partial charge in [-0.05, 0) is 31.9 Å². The highest BCUT2D eigenvalue weighted by atomic mass is 17.2. The Kier molecular flexibility index (Phi) is 5.74. The predicted octanol–water partition coefficient (Wildman–Crippen LogP) is 1.43. The van der Waals surface area contributed by atoms with Crippen LogP contribution in [0, 0.1) is 0 Å². The Hall–Kier alpha value is -2.12. The summed E-state index contributed by atoms with van der Waals surface area (Å²) < 4.78 is 5.10. The van der Waals surface area contributed by atoms with Crippen molar-refractivity contribution in [2.45, 2.75) is 20.3 Å². The van der Waals surface area contributed by atoms with E-state index in [4.69, 9.17) is 14.5 Å². The van der Waals surface area contributed by atoms with Gasteiger partial charge < -0.3 is 15.0 Å². The Morgan fingerprint density at radius 1 is 1.27 bits per heavy atom. The molecule has 0 aliphatic carbocycles. The van der Waals surface area contributed by atoms with Crippen LogP contribution < -0.4 is 5.32 Å². The molecule has 1 aliphatic heterocycles. The van der Waals surface area contributed by atoms with Crippen molar-refractivity contribution in [3.63, 3.8) is 0 Å². The van der Waals surface area contributed by atoms with Crippen LogP contribution in [0.2, 0.25) is 0 Å². The molecule has 0 atom stereocenters. The van der Waals surface area contributed by atoms with Gasteiger partial charge in [0.15, 0.2) is 0 Å². The molecule has 0 unspecified atom stereocenters. The van der Waals surface area contributed by atoms with Gasteiger partial charge in [-0.15, -0.1) is 0 Å². The van der Waals surface area contributed by atoms with Crippen LogP contribution in [-0.2, 0) is 19.3 Å². The molecule has 120 valence electrons. The molecule has 22 heavy (non-hydrogen) atoms. The standard InChI is InChI=1S/C15H20N2O5/c1-3-20-15(19)12(9-22-21-4-2)10-5-8-17-14(18)13-11(10)6-7-16-13/h6-7,16H,3-5,8-9H2,1-2H3,(H,17,18)/b12-10+. The van der Waals surface area contributed by atoms with E-state index in [2.05, 4.69) is 10.3 Å². The summed E-state index contributed by atoms with van der Waals surface area (Å²) in [5.74, 6) is -0.650. The van der Waals surface area contributed by atoms with Gasteiger partial charge in [-0.25, -0.2) is 14.6 Å². The second-order valence-electron chi connectivity index (χ2n) is 4.62. The van der Waals surface area contributed by atoms with Crippen molar-refractivity contribution in [2.75, 3.05) is 26.4 Å². The minimum absolute atomic E-state index is 0.0270. The van der Waals surface area contributed by atoms with Gasteiger partial charge in [0.2, 0.25) is 0 Å². The van der Waals surface area contributed by atoms with E-state index < -0.39 is 5.97 Å². The predicted molar refractivity (Wildman–Crippen MR) is 78.9 cm³/mol. The molecule has 1 aromatic heterocycles. The molecule has 1 aromatic rings. The van der Waals surface area contributed by atoms with E-state index in [0.29, 0.717) is 36.4 Å². The number of amides is 1. The average molecular weight is 308 g/mol. The zero-order valence-electron chi connectivity index (χ0n) is 12.7. The lowest BCUT2D eigenvalue weighted by Gasteiger charge is -2.13. The summed E-state index contributed by atoms with van der Waals surface area (Å²) in [4.78, 5) is 37.0. The first-order chi connectivity index (χ1) is 10.7. The van der Waals surface area contributed by atoms with Crippen LogP contribution >= 0.6 is 0 Å². The fourth-order valence-electron chi connectivity index (χ4n) is 2.32. The van der Waals surface area contributed by atoms with Gasteiger partial charge in [0.25, 0.3) is 5.91 Å². The number of nitrogens with one attached hydrogen (secondary N) is 2. The normalized spacial score (nSPS) is 16.5. The van der Waals surface area contributed by atoms with Gasteiger partial charge in [-0.2, -0.15) is 0 Å². The molecule has 0 fully saturated rings. The Balaban J connectivity index is 2.41. The van der Waals surface area contributed by atoms with Crippen LogP contribution in [0.1, 0.15) is 36.3 Å². The fourth-order valence-corrected chi connectivity index (χ4v) is 2.32.